The van der Waals surface area contributed by atoms with Crippen molar-refractivity contribution in [3.63, 3.8) is 0 Å². The van der Waals surface area contributed by atoms with Gasteiger partial charge < -0.3 is 14.2 Å². The van der Waals surface area contributed by atoms with Crippen molar-refractivity contribution >= 4 is 5.97 Å². The number of ether oxygens (including phenoxy) is 3. The highest BCUT2D eigenvalue weighted by atomic mass is 17.3. The summed E-state index contributed by atoms with van der Waals surface area (Å²) in [7, 11) is 0. The molecule has 0 amide bonds. The summed E-state index contributed by atoms with van der Waals surface area (Å²) < 4.78 is 18.4. The Balaban J connectivity index is 1.39. The standard InChI is InChI=1S/C23H30O6/c1-14-9-10-18-15(2)20(25-19(24)13-16-7-5-4-6-8-16)26-21-23(18)17(14)11-12-22(3,27-21)28-29-23/h4-8,14-15,17-18,20-21H,9-13H2,1-3H3/t14-,15-,17+,18+,20-,21-,22?,23-/m1/s1. The van der Waals surface area contributed by atoms with Crippen LogP contribution in [-0.4, -0.2) is 29.9 Å². The maximum Gasteiger partial charge on any atom is 0.312 e. The van der Waals surface area contributed by atoms with E-state index in [-0.39, 0.29) is 24.2 Å². The van der Waals surface area contributed by atoms with Gasteiger partial charge in [-0.1, -0.05) is 44.2 Å². The zero-order valence-corrected chi connectivity index (χ0v) is 17.3. The summed E-state index contributed by atoms with van der Waals surface area (Å²) in [4.78, 5) is 24.5. The van der Waals surface area contributed by atoms with Gasteiger partial charge in [0.15, 0.2) is 11.9 Å². The molecule has 2 bridgehead atoms. The van der Waals surface area contributed by atoms with Gasteiger partial charge in [-0.3, -0.25) is 4.79 Å². The van der Waals surface area contributed by atoms with E-state index in [4.69, 9.17) is 24.0 Å². The molecule has 0 radical (unpaired) electrons. The van der Waals surface area contributed by atoms with E-state index in [0.29, 0.717) is 11.8 Å². The smallest absolute Gasteiger partial charge is 0.312 e. The van der Waals surface area contributed by atoms with E-state index in [1.807, 2.05) is 37.3 Å². The van der Waals surface area contributed by atoms with E-state index in [9.17, 15) is 4.79 Å². The highest BCUT2D eigenvalue weighted by Crippen LogP contribution is 2.60. The topological polar surface area (TPSA) is 63.2 Å². The van der Waals surface area contributed by atoms with E-state index in [1.165, 1.54) is 0 Å². The summed E-state index contributed by atoms with van der Waals surface area (Å²) in [5.41, 5.74) is 0.299. The third kappa shape index (κ3) is 3.12. The number of benzene rings is 1. The summed E-state index contributed by atoms with van der Waals surface area (Å²) in [5.74, 6) is -0.146. The van der Waals surface area contributed by atoms with Crippen LogP contribution in [0, 0.1) is 23.7 Å². The number of esters is 1. The van der Waals surface area contributed by atoms with Crippen LogP contribution < -0.4 is 0 Å². The van der Waals surface area contributed by atoms with Crippen molar-refractivity contribution in [2.24, 2.45) is 23.7 Å². The van der Waals surface area contributed by atoms with Gasteiger partial charge in [0.25, 0.3) is 0 Å². The number of hydrogen-bond acceptors (Lipinski definition) is 6. The quantitative estimate of drug-likeness (QED) is 0.563. The lowest BCUT2D eigenvalue weighted by Crippen LogP contribution is -2.70. The first kappa shape index (κ1) is 19.5. The molecule has 1 aliphatic carbocycles. The van der Waals surface area contributed by atoms with Crippen LogP contribution in [0.2, 0.25) is 0 Å². The van der Waals surface area contributed by atoms with Crippen molar-refractivity contribution in [1.29, 1.82) is 0 Å². The lowest BCUT2D eigenvalue weighted by Gasteiger charge is -2.59. The Labute approximate surface area is 171 Å². The monoisotopic (exact) mass is 402 g/mol. The third-order valence-electron chi connectivity index (χ3n) is 7.54. The predicted molar refractivity (Wildman–Crippen MR) is 103 cm³/mol. The Hall–Kier alpha value is -1.47. The van der Waals surface area contributed by atoms with Gasteiger partial charge in [-0.05, 0) is 43.6 Å². The molecule has 158 valence electrons. The Kier molecular flexibility index (Phi) is 4.74. The van der Waals surface area contributed by atoms with E-state index in [1.54, 1.807) is 0 Å². The second-order valence-corrected chi connectivity index (χ2v) is 9.43. The van der Waals surface area contributed by atoms with Crippen molar-refractivity contribution in [3.8, 4) is 0 Å². The molecule has 5 aliphatic rings. The summed E-state index contributed by atoms with van der Waals surface area (Å²) in [6.07, 6.45) is 2.85. The zero-order valence-electron chi connectivity index (χ0n) is 17.3. The van der Waals surface area contributed by atoms with Crippen molar-refractivity contribution in [2.75, 3.05) is 0 Å². The van der Waals surface area contributed by atoms with Gasteiger partial charge in [-0.15, -0.1) is 0 Å². The molecular weight excluding hydrogens is 372 g/mol. The van der Waals surface area contributed by atoms with Gasteiger partial charge in [-0.25, -0.2) is 9.78 Å². The molecule has 1 aromatic carbocycles. The van der Waals surface area contributed by atoms with Crippen LogP contribution in [-0.2, 0) is 35.2 Å². The minimum absolute atomic E-state index is 0.00405. The van der Waals surface area contributed by atoms with Crippen molar-refractivity contribution in [1.82, 2.24) is 0 Å². The first-order valence-corrected chi connectivity index (χ1v) is 10.8. The first-order valence-electron chi connectivity index (χ1n) is 10.8. The molecule has 0 aromatic heterocycles. The van der Waals surface area contributed by atoms with Gasteiger partial charge in [-0.2, -0.15) is 0 Å². The highest BCUT2D eigenvalue weighted by Gasteiger charge is 2.69. The average Bonchev–Trinajstić information content (AvgIpc) is 2.93. The van der Waals surface area contributed by atoms with Crippen LogP contribution in [0.3, 0.4) is 0 Å². The molecule has 4 heterocycles. The molecule has 1 aromatic rings. The lowest BCUT2D eigenvalue weighted by atomic mass is 9.58. The molecule has 1 saturated carbocycles. The molecule has 5 fully saturated rings. The minimum Gasteiger partial charge on any atom is -0.435 e. The van der Waals surface area contributed by atoms with Crippen molar-refractivity contribution in [3.05, 3.63) is 35.9 Å². The van der Waals surface area contributed by atoms with Gasteiger partial charge in [0.2, 0.25) is 12.1 Å². The minimum atomic E-state index is -0.823. The predicted octanol–water partition coefficient (Wildman–Crippen LogP) is 3.98. The fourth-order valence-corrected chi connectivity index (χ4v) is 5.94. The number of carbonyl (C=O) groups is 1. The molecule has 6 rings (SSSR count). The first-order chi connectivity index (χ1) is 13.9. The fourth-order valence-electron chi connectivity index (χ4n) is 5.94. The fraction of sp³-hybridized carbons (Fsp3) is 0.696. The lowest BCUT2D eigenvalue weighted by molar-refractivity contribution is -0.576. The van der Waals surface area contributed by atoms with Crippen molar-refractivity contribution < 1.29 is 28.8 Å². The normalized spacial score (nSPS) is 45.9. The van der Waals surface area contributed by atoms with Crippen LogP contribution in [0.15, 0.2) is 30.3 Å². The van der Waals surface area contributed by atoms with E-state index >= 15 is 0 Å². The Bertz CT molecular complexity index is 768. The number of hydrogen-bond donors (Lipinski definition) is 0. The van der Waals surface area contributed by atoms with E-state index < -0.39 is 24.0 Å². The SMILES string of the molecule is C[C@H]1[C@H](OC(=O)Cc2ccccc2)O[C@@H]2OC3(C)CC[C@H]4[C@H](C)CC[C@@H]1[C@@]24OO3. The molecule has 0 N–H and O–H groups in total. The van der Waals surface area contributed by atoms with Gasteiger partial charge in [0.05, 0.1) is 6.42 Å². The summed E-state index contributed by atoms with van der Waals surface area (Å²) in [5, 5.41) is 0. The Morgan fingerprint density at radius 3 is 2.69 bits per heavy atom. The number of fused-ring (bicyclic) bond motifs is 2. The highest BCUT2D eigenvalue weighted by molar-refractivity contribution is 5.72. The molecule has 29 heavy (non-hydrogen) atoms. The molecule has 8 atom stereocenters. The maximum atomic E-state index is 12.6. The van der Waals surface area contributed by atoms with Crippen LogP contribution >= 0.6 is 0 Å². The van der Waals surface area contributed by atoms with Crippen LogP contribution in [0.25, 0.3) is 0 Å². The second-order valence-electron chi connectivity index (χ2n) is 9.43. The number of rotatable bonds is 3. The van der Waals surface area contributed by atoms with Gasteiger partial charge in [0, 0.05) is 18.3 Å². The Morgan fingerprint density at radius 2 is 1.90 bits per heavy atom. The number of carbonyl (C=O) groups excluding carboxylic acids is 1. The molecular formula is C23H30O6. The van der Waals surface area contributed by atoms with E-state index in [2.05, 4.69) is 13.8 Å². The second kappa shape index (κ2) is 7.05. The zero-order chi connectivity index (χ0) is 20.2. The summed E-state index contributed by atoms with van der Waals surface area (Å²) in [6.45, 7) is 6.27. The van der Waals surface area contributed by atoms with Crippen LogP contribution in [0.4, 0.5) is 0 Å². The largest absolute Gasteiger partial charge is 0.435 e. The molecule has 1 unspecified atom stereocenters. The van der Waals surface area contributed by atoms with Crippen molar-refractivity contribution in [2.45, 2.75) is 76.8 Å². The van der Waals surface area contributed by atoms with E-state index in [0.717, 1.165) is 31.2 Å². The molecule has 6 heteroatoms. The van der Waals surface area contributed by atoms with Gasteiger partial charge >= 0.3 is 5.97 Å². The summed E-state index contributed by atoms with van der Waals surface area (Å²) >= 11 is 0. The third-order valence-corrected chi connectivity index (χ3v) is 7.54. The Morgan fingerprint density at radius 1 is 1.10 bits per heavy atom. The molecule has 1 spiro atoms. The maximum absolute atomic E-state index is 12.6. The average molecular weight is 402 g/mol. The molecule has 4 aliphatic heterocycles. The summed E-state index contributed by atoms with van der Waals surface area (Å²) in [6, 6.07) is 9.62. The molecule has 4 saturated heterocycles. The van der Waals surface area contributed by atoms with Crippen LogP contribution in [0.5, 0.6) is 0 Å². The van der Waals surface area contributed by atoms with Gasteiger partial charge in [0.1, 0.15) is 0 Å². The van der Waals surface area contributed by atoms with Crippen LogP contribution in [0.1, 0.15) is 52.0 Å². The molecule has 6 nitrogen and oxygen atoms in total.